The minimum Gasteiger partial charge on any atom is -0.380 e. The first-order valence-electron chi connectivity index (χ1n) is 7.58. The van der Waals surface area contributed by atoms with Crippen LogP contribution in [0.15, 0.2) is 36.4 Å². The first-order chi connectivity index (χ1) is 11.7. The molecule has 1 saturated heterocycles. The number of rotatable bonds is 4. The SMILES string of the molecule is COCc1ccc(N2CC2(c2cc(Cl)cc(Cl)c2)C(F)(F)F)cc1C. The molecule has 0 N–H and O–H groups in total. The third-order valence-electron chi connectivity index (χ3n) is 4.49. The van der Waals surface area contributed by atoms with Gasteiger partial charge >= 0.3 is 6.18 Å². The Kier molecular flexibility index (Phi) is 4.69. The fraction of sp³-hybridized carbons (Fsp3) is 0.333. The van der Waals surface area contributed by atoms with Crippen molar-refractivity contribution < 1.29 is 17.9 Å². The van der Waals surface area contributed by atoms with Crippen LogP contribution in [0.3, 0.4) is 0 Å². The Hall–Kier alpha value is -1.43. The van der Waals surface area contributed by atoms with Gasteiger partial charge in [0, 0.05) is 22.8 Å². The number of alkyl halides is 3. The number of hydrogen-bond acceptors (Lipinski definition) is 2. The molecule has 0 radical (unpaired) electrons. The van der Waals surface area contributed by atoms with Gasteiger partial charge in [-0.05, 0) is 53.9 Å². The second kappa shape index (κ2) is 6.38. The molecule has 7 heteroatoms. The van der Waals surface area contributed by atoms with Crippen LogP contribution in [-0.2, 0) is 16.9 Å². The maximum absolute atomic E-state index is 13.9. The van der Waals surface area contributed by atoms with Crippen molar-refractivity contribution in [1.82, 2.24) is 0 Å². The largest absolute Gasteiger partial charge is 0.417 e. The Balaban J connectivity index is 2.03. The van der Waals surface area contributed by atoms with Crippen LogP contribution in [0.4, 0.5) is 18.9 Å². The molecule has 1 atom stereocenters. The summed E-state index contributed by atoms with van der Waals surface area (Å²) >= 11 is 11.8. The van der Waals surface area contributed by atoms with Gasteiger partial charge in [-0.25, -0.2) is 0 Å². The van der Waals surface area contributed by atoms with E-state index in [1.807, 2.05) is 6.92 Å². The topological polar surface area (TPSA) is 12.2 Å². The molecule has 2 nitrogen and oxygen atoms in total. The Labute approximate surface area is 154 Å². The molecule has 0 aromatic heterocycles. The Morgan fingerprint density at radius 3 is 2.28 bits per heavy atom. The molecule has 134 valence electrons. The molecular weight excluding hydrogens is 374 g/mol. The fourth-order valence-electron chi connectivity index (χ4n) is 3.12. The van der Waals surface area contributed by atoms with Crippen LogP contribution in [0, 0.1) is 6.92 Å². The van der Waals surface area contributed by atoms with Crippen molar-refractivity contribution in [3.05, 3.63) is 63.1 Å². The van der Waals surface area contributed by atoms with E-state index in [1.165, 1.54) is 23.1 Å². The van der Waals surface area contributed by atoms with E-state index in [4.69, 9.17) is 27.9 Å². The van der Waals surface area contributed by atoms with Gasteiger partial charge in [0.2, 0.25) is 0 Å². The number of anilines is 1. The number of ether oxygens (including phenoxy) is 1. The van der Waals surface area contributed by atoms with E-state index in [-0.39, 0.29) is 22.2 Å². The normalized spacial score (nSPS) is 20.0. The lowest BCUT2D eigenvalue weighted by Crippen LogP contribution is -2.34. The number of nitrogens with zero attached hydrogens (tertiary/aromatic N) is 1. The van der Waals surface area contributed by atoms with Crippen LogP contribution < -0.4 is 4.90 Å². The first-order valence-corrected chi connectivity index (χ1v) is 8.34. The average Bonchev–Trinajstić information content (AvgIpc) is 3.25. The van der Waals surface area contributed by atoms with Crippen LogP contribution >= 0.6 is 23.2 Å². The maximum Gasteiger partial charge on any atom is 0.417 e. The van der Waals surface area contributed by atoms with E-state index in [1.54, 1.807) is 25.3 Å². The second-order valence-corrected chi connectivity index (χ2v) is 7.02. The van der Waals surface area contributed by atoms with Gasteiger partial charge in [-0.3, -0.25) is 0 Å². The molecule has 1 aliphatic heterocycles. The molecule has 2 aromatic rings. The zero-order chi connectivity index (χ0) is 18.4. The van der Waals surface area contributed by atoms with Crippen LogP contribution in [0.5, 0.6) is 0 Å². The molecule has 0 saturated carbocycles. The summed E-state index contributed by atoms with van der Waals surface area (Å²) < 4.78 is 46.9. The molecule has 0 spiro atoms. The van der Waals surface area contributed by atoms with Gasteiger partial charge < -0.3 is 9.64 Å². The Morgan fingerprint density at radius 2 is 1.76 bits per heavy atom. The lowest BCUT2D eigenvalue weighted by Gasteiger charge is -2.23. The number of methoxy groups -OCH3 is 1. The predicted octanol–water partition coefficient (Wildman–Crippen LogP) is 5.73. The molecule has 0 aliphatic carbocycles. The van der Waals surface area contributed by atoms with Crippen molar-refractivity contribution in [3.63, 3.8) is 0 Å². The minimum absolute atomic E-state index is 0.0520. The Morgan fingerprint density at radius 1 is 1.12 bits per heavy atom. The fourth-order valence-corrected chi connectivity index (χ4v) is 3.64. The number of halogens is 5. The van der Waals surface area contributed by atoms with Crippen LogP contribution in [0.25, 0.3) is 0 Å². The summed E-state index contributed by atoms with van der Waals surface area (Å²) in [5.74, 6) is 0. The highest BCUT2D eigenvalue weighted by Gasteiger charge is 2.71. The summed E-state index contributed by atoms with van der Waals surface area (Å²) in [5, 5.41) is 0.370. The zero-order valence-electron chi connectivity index (χ0n) is 13.6. The second-order valence-electron chi connectivity index (χ2n) is 6.15. The smallest absolute Gasteiger partial charge is 0.380 e. The van der Waals surface area contributed by atoms with Gasteiger partial charge in [-0.2, -0.15) is 13.2 Å². The predicted molar refractivity (Wildman–Crippen MR) is 93.4 cm³/mol. The third kappa shape index (κ3) is 3.21. The minimum atomic E-state index is -4.46. The van der Waals surface area contributed by atoms with Gasteiger partial charge in [0.15, 0.2) is 5.54 Å². The summed E-state index contributed by atoms with van der Waals surface area (Å²) in [6.07, 6.45) is -4.46. The van der Waals surface area contributed by atoms with Crippen molar-refractivity contribution in [1.29, 1.82) is 0 Å². The van der Waals surface area contributed by atoms with Crippen LogP contribution in [0.1, 0.15) is 16.7 Å². The van der Waals surface area contributed by atoms with E-state index in [2.05, 4.69) is 0 Å². The van der Waals surface area contributed by atoms with Gasteiger partial charge in [-0.15, -0.1) is 0 Å². The highest BCUT2D eigenvalue weighted by Crippen LogP contribution is 2.57. The van der Waals surface area contributed by atoms with Crippen molar-refractivity contribution >= 4 is 28.9 Å². The van der Waals surface area contributed by atoms with Crippen LogP contribution in [0.2, 0.25) is 10.0 Å². The summed E-state index contributed by atoms with van der Waals surface area (Å²) in [7, 11) is 1.58. The van der Waals surface area contributed by atoms with E-state index in [0.29, 0.717) is 12.3 Å². The lowest BCUT2D eigenvalue weighted by molar-refractivity contribution is -0.158. The monoisotopic (exact) mass is 389 g/mol. The highest BCUT2D eigenvalue weighted by molar-refractivity contribution is 6.34. The molecule has 25 heavy (non-hydrogen) atoms. The van der Waals surface area contributed by atoms with E-state index in [0.717, 1.165) is 11.1 Å². The zero-order valence-corrected chi connectivity index (χ0v) is 15.1. The van der Waals surface area contributed by atoms with Gasteiger partial charge in [0.05, 0.1) is 13.2 Å². The Bertz CT molecular complexity index is 789. The molecule has 1 unspecified atom stereocenters. The molecule has 1 aliphatic rings. The maximum atomic E-state index is 13.9. The van der Waals surface area contributed by atoms with Crippen molar-refractivity contribution in [2.24, 2.45) is 0 Å². The van der Waals surface area contributed by atoms with Crippen molar-refractivity contribution in [3.8, 4) is 0 Å². The summed E-state index contributed by atoms with van der Waals surface area (Å²) in [4.78, 5) is 1.32. The number of aryl methyl sites for hydroxylation is 1. The quantitative estimate of drug-likeness (QED) is 0.619. The summed E-state index contributed by atoms with van der Waals surface area (Å²) in [6, 6.07) is 9.29. The van der Waals surface area contributed by atoms with Gasteiger partial charge in [0.25, 0.3) is 0 Å². The molecule has 2 aromatic carbocycles. The average molecular weight is 390 g/mol. The van der Waals surface area contributed by atoms with E-state index in [9.17, 15) is 13.2 Å². The summed E-state index contributed by atoms with van der Waals surface area (Å²) in [6.45, 7) is 2.10. The third-order valence-corrected chi connectivity index (χ3v) is 4.93. The van der Waals surface area contributed by atoms with Gasteiger partial charge in [-0.1, -0.05) is 29.3 Å². The number of benzene rings is 2. The molecule has 0 amide bonds. The van der Waals surface area contributed by atoms with Gasteiger partial charge in [0.1, 0.15) is 0 Å². The van der Waals surface area contributed by atoms with Crippen molar-refractivity contribution in [2.45, 2.75) is 25.2 Å². The van der Waals surface area contributed by atoms with E-state index >= 15 is 0 Å². The standard InChI is InChI=1S/C18H16Cl2F3NO/c1-11-5-16(4-3-12(11)9-25-2)24-10-17(24,18(21,22)23)13-6-14(19)8-15(20)7-13/h3-8H,9-10H2,1-2H3. The number of hydrogen-bond donors (Lipinski definition) is 0. The highest BCUT2D eigenvalue weighted by atomic mass is 35.5. The van der Waals surface area contributed by atoms with Crippen molar-refractivity contribution in [2.75, 3.05) is 18.6 Å². The summed E-state index contributed by atoms with van der Waals surface area (Å²) in [5.41, 5.74) is 0.279. The van der Waals surface area contributed by atoms with E-state index < -0.39 is 11.7 Å². The lowest BCUT2D eigenvalue weighted by atomic mass is 9.98. The molecule has 1 fully saturated rings. The molecule has 1 heterocycles. The molecule has 3 rings (SSSR count). The first kappa shape index (κ1) is 18.4. The molecule has 0 bridgehead atoms. The molecular formula is C18H16Cl2F3NO. The van der Waals surface area contributed by atoms with Crippen LogP contribution in [-0.4, -0.2) is 19.8 Å².